The summed E-state index contributed by atoms with van der Waals surface area (Å²) in [6.45, 7) is 4.05. The van der Waals surface area contributed by atoms with Gasteiger partial charge in [0.25, 0.3) is 0 Å². The zero-order valence-electron chi connectivity index (χ0n) is 13.5. The molecule has 2 N–H and O–H groups in total. The molecule has 1 atom stereocenters. The van der Waals surface area contributed by atoms with Gasteiger partial charge < -0.3 is 15.4 Å². The third kappa shape index (κ3) is 3.37. The minimum atomic E-state index is 0.508. The third-order valence-electron chi connectivity index (χ3n) is 6.16. The maximum absolute atomic E-state index is 5.47. The summed E-state index contributed by atoms with van der Waals surface area (Å²) >= 11 is 5.47. The van der Waals surface area contributed by atoms with E-state index < -0.39 is 0 Å². The highest BCUT2D eigenvalue weighted by atomic mass is 32.1. The van der Waals surface area contributed by atoms with Gasteiger partial charge in [0.15, 0.2) is 5.11 Å². The Morgan fingerprint density at radius 1 is 1.19 bits per heavy atom. The Hall–Kier alpha value is -0.350. The van der Waals surface area contributed by atoms with E-state index in [1.54, 1.807) is 7.11 Å². The number of hydrogen-bond donors (Lipinski definition) is 2. The zero-order valence-corrected chi connectivity index (χ0v) is 14.3. The van der Waals surface area contributed by atoms with E-state index in [1.807, 2.05) is 0 Å². The molecule has 0 amide bonds. The molecule has 4 saturated carbocycles. The summed E-state index contributed by atoms with van der Waals surface area (Å²) < 4.78 is 5.07. The first-order chi connectivity index (χ1) is 10.1. The van der Waals surface area contributed by atoms with Gasteiger partial charge in [0.1, 0.15) is 0 Å². The van der Waals surface area contributed by atoms with Gasteiger partial charge in [-0.15, -0.1) is 0 Å². The van der Waals surface area contributed by atoms with Crippen LogP contribution >= 0.6 is 12.2 Å². The molecular weight excluding hydrogens is 280 g/mol. The monoisotopic (exact) mass is 310 g/mol. The molecule has 0 aromatic heterocycles. The van der Waals surface area contributed by atoms with E-state index in [4.69, 9.17) is 17.0 Å². The molecule has 21 heavy (non-hydrogen) atoms. The number of rotatable bonds is 6. The Labute approximate surface area is 134 Å². The molecule has 0 aromatic carbocycles. The molecule has 0 saturated heterocycles. The second-order valence-electron chi connectivity index (χ2n) is 7.75. The zero-order chi connectivity index (χ0) is 14.9. The van der Waals surface area contributed by atoms with Crippen molar-refractivity contribution in [2.24, 2.45) is 23.2 Å². The molecule has 0 radical (unpaired) electrons. The molecule has 4 aliphatic carbocycles. The van der Waals surface area contributed by atoms with Gasteiger partial charge in [0.2, 0.25) is 0 Å². The van der Waals surface area contributed by atoms with E-state index in [9.17, 15) is 0 Å². The Kier molecular flexibility index (Phi) is 4.75. The van der Waals surface area contributed by atoms with Crippen molar-refractivity contribution in [2.75, 3.05) is 20.3 Å². The fourth-order valence-corrected chi connectivity index (χ4v) is 5.81. The van der Waals surface area contributed by atoms with Crippen LogP contribution in [0.2, 0.25) is 0 Å². The lowest BCUT2D eigenvalue weighted by Crippen LogP contribution is -2.57. The van der Waals surface area contributed by atoms with Gasteiger partial charge in [-0.05, 0) is 87.3 Å². The van der Waals surface area contributed by atoms with E-state index in [0.29, 0.717) is 11.5 Å². The van der Waals surface area contributed by atoms with Gasteiger partial charge in [-0.25, -0.2) is 0 Å². The van der Waals surface area contributed by atoms with Crippen LogP contribution in [0.15, 0.2) is 0 Å². The lowest BCUT2D eigenvalue weighted by atomic mass is 9.48. The summed E-state index contributed by atoms with van der Waals surface area (Å²) in [4.78, 5) is 0. The number of nitrogens with one attached hydrogen (secondary N) is 2. The van der Waals surface area contributed by atoms with Crippen molar-refractivity contribution in [1.82, 2.24) is 10.6 Å². The number of ether oxygens (including phenoxy) is 1. The Morgan fingerprint density at radius 3 is 2.29 bits per heavy atom. The van der Waals surface area contributed by atoms with Crippen molar-refractivity contribution in [1.29, 1.82) is 0 Å². The molecule has 0 aliphatic heterocycles. The van der Waals surface area contributed by atoms with Gasteiger partial charge in [-0.1, -0.05) is 0 Å². The van der Waals surface area contributed by atoms with Crippen LogP contribution in [0.4, 0.5) is 0 Å². The minimum Gasteiger partial charge on any atom is -0.385 e. The van der Waals surface area contributed by atoms with Crippen molar-refractivity contribution in [3.8, 4) is 0 Å². The SMILES string of the molecule is COCCCNC(=S)NC(C)C12CC3CC(CC(C3)C1)C2. The molecule has 4 aliphatic rings. The summed E-state index contributed by atoms with van der Waals surface area (Å²) in [6.07, 6.45) is 9.81. The smallest absolute Gasteiger partial charge is 0.166 e. The first-order valence-corrected chi connectivity index (χ1v) is 9.05. The summed E-state index contributed by atoms with van der Waals surface area (Å²) in [5.41, 5.74) is 0.521. The topological polar surface area (TPSA) is 33.3 Å². The molecule has 0 heterocycles. The van der Waals surface area contributed by atoms with E-state index in [1.165, 1.54) is 38.5 Å². The standard InChI is InChI=1S/C17H30N2OS/c1-12(19-16(21)18-4-3-5-20-2)17-9-13-6-14(10-17)8-15(7-13)11-17/h12-15H,3-11H2,1-2H3,(H2,18,19,21). The second-order valence-corrected chi connectivity index (χ2v) is 8.16. The van der Waals surface area contributed by atoms with Crippen LogP contribution in [0.3, 0.4) is 0 Å². The summed E-state index contributed by atoms with van der Waals surface area (Å²) in [5, 5.41) is 7.74. The number of hydrogen-bond acceptors (Lipinski definition) is 2. The third-order valence-corrected chi connectivity index (χ3v) is 6.42. The van der Waals surface area contributed by atoms with Crippen LogP contribution in [0.25, 0.3) is 0 Å². The van der Waals surface area contributed by atoms with E-state index in [-0.39, 0.29) is 0 Å². The van der Waals surface area contributed by atoms with Gasteiger partial charge in [-0.3, -0.25) is 0 Å². The highest BCUT2D eigenvalue weighted by Crippen LogP contribution is 2.61. The van der Waals surface area contributed by atoms with Gasteiger partial charge >= 0.3 is 0 Å². The van der Waals surface area contributed by atoms with E-state index in [2.05, 4.69) is 17.6 Å². The highest BCUT2D eigenvalue weighted by molar-refractivity contribution is 7.80. The molecule has 0 spiro atoms. The molecule has 120 valence electrons. The fraction of sp³-hybridized carbons (Fsp3) is 0.941. The average molecular weight is 311 g/mol. The molecule has 1 unspecified atom stereocenters. The first kappa shape index (κ1) is 15.5. The Morgan fingerprint density at radius 2 is 1.76 bits per heavy atom. The van der Waals surface area contributed by atoms with Crippen molar-refractivity contribution < 1.29 is 4.74 Å². The first-order valence-electron chi connectivity index (χ1n) is 8.64. The number of thiocarbonyl (C=S) groups is 1. The molecule has 4 bridgehead atoms. The van der Waals surface area contributed by atoms with Crippen LogP contribution in [-0.2, 0) is 4.74 Å². The van der Waals surface area contributed by atoms with Gasteiger partial charge in [0, 0.05) is 26.3 Å². The maximum atomic E-state index is 5.47. The van der Waals surface area contributed by atoms with Crippen LogP contribution in [-0.4, -0.2) is 31.4 Å². The minimum absolute atomic E-state index is 0.508. The van der Waals surface area contributed by atoms with E-state index >= 15 is 0 Å². The largest absolute Gasteiger partial charge is 0.385 e. The van der Waals surface area contributed by atoms with Crippen molar-refractivity contribution in [2.45, 2.75) is 57.9 Å². The van der Waals surface area contributed by atoms with E-state index in [0.717, 1.165) is 42.4 Å². The predicted octanol–water partition coefficient (Wildman–Crippen LogP) is 3.09. The van der Waals surface area contributed by atoms with Crippen LogP contribution in [0.5, 0.6) is 0 Å². The number of methoxy groups -OCH3 is 1. The second kappa shape index (κ2) is 6.41. The van der Waals surface area contributed by atoms with Crippen LogP contribution < -0.4 is 10.6 Å². The van der Waals surface area contributed by atoms with Crippen molar-refractivity contribution >= 4 is 17.3 Å². The quantitative estimate of drug-likeness (QED) is 0.583. The van der Waals surface area contributed by atoms with Crippen LogP contribution in [0.1, 0.15) is 51.9 Å². The average Bonchev–Trinajstić information content (AvgIpc) is 2.42. The molecule has 3 nitrogen and oxygen atoms in total. The normalized spacial score (nSPS) is 38.3. The van der Waals surface area contributed by atoms with Gasteiger partial charge in [-0.2, -0.15) is 0 Å². The maximum Gasteiger partial charge on any atom is 0.166 e. The molecular formula is C17H30N2OS. The Balaban J connectivity index is 1.51. The molecule has 0 aromatic rings. The Bertz CT molecular complexity index is 350. The summed E-state index contributed by atoms with van der Waals surface area (Å²) in [5.74, 6) is 3.01. The van der Waals surface area contributed by atoms with Crippen molar-refractivity contribution in [3.63, 3.8) is 0 Å². The summed E-state index contributed by atoms with van der Waals surface area (Å²) in [7, 11) is 1.74. The molecule has 4 fully saturated rings. The lowest BCUT2D eigenvalue weighted by molar-refractivity contribution is -0.0672. The summed E-state index contributed by atoms with van der Waals surface area (Å²) in [6, 6.07) is 0.508. The lowest BCUT2D eigenvalue weighted by Gasteiger charge is -2.59. The van der Waals surface area contributed by atoms with Crippen molar-refractivity contribution in [3.05, 3.63) is 0 Å². The molecule has 4 heteroatoms. The predicted molar refractivity (Wildman–Crippen MR) is 90.3 cm³/mol. The highest BCUT2D eigenvalue weighted by Gasteiger charge is 2.53. The van der Waals surface area contributed by atoms with Gasteiger partial charge in [0.05, 0.1) is 0 Å². The molecule has 4 rings (SSSR count). The fourth-order valence-electron chi connectivity index (χ4n) is 5.53. The van der Waals surface area contributed by atoms with Crippen LogP contribution in [0, 0.1) is 23.2 Å².